The van der Waals surface area contributed by atoms with Gasteiger partial charge >= 0.3 is 6.18 Å². The molecule has 1 unspecified atom stereocenters. The van der Waals surface area contributed by atoms with E-state index in [-0.39, 0.29) is 9.92 Å². The summed E-state index contributed by atoms with van der Waals surface area (Å²) in [5.74, 6) is 0. The molecule has 1 atom stereocenters. The summed E-state index contributed by atoms with van der Waals surface area (Å²) in [7, 11) is -4.23. The van der Waals surface area contributed by atoms with E-state index in [0.717, 1.165) is 6.07 Å². The lowest BCUT2D eigenvalue weighted by Crippen LogP contribution is -2.40. The van der Waals surface area contributed by atoms with E-state index >= 15 is 0 Å². The maximum absolute atomic E-state index is 12.0. The van der Waals surface area contributed by atoms with Gasteiger partial charge in [-0.3, -0.25) is 0 Å². The average Bonchev–Trinajstić information content (AvgIpc) is 2.24. The zero-order valence-electron chi connectivity index (χ0n) is 9.08. The number of hydrogen-bond acceptors (Lipinski definition) is 3. The molecule has 0 aliphatic rings. The molecule has 0 aromatic heterocycles. The molecular weight excluding hydrogens is 375 g/mol. The lowest BCUT2D eigenvalue weighted by Gasteiger charge is -2.15. The summed E-state index contributed by atoms with van der Waals surface area (Å²) in [4.78, 5) is -0.369. The van der Waals surface area contributed by atoms with E-state index < -0.39 is 28.8 Å². The van der Waals surface area contributed by atoms with Crippen molar-refractivity contribution in [3.63, 3.8) is 0 Å². The molecule has 108 valence electrons. The molecule has 19 heavy (non-hydrogen) atoms. The van der Waals surface area contributed by atoms with Crippen LogP contribution in [0.4, 0.5) is 13.2 Å². The standard InChI is InChI=1S/C9H8BrClF3NO3S/c10-5-1-2-7(6(11)3-5)19(17,18)15-4-8(16)9(12,13)14/h1-3,8,15-16H,4H2. The van der Waals surface area contributed by atoms with Gasteiger partial charge in [-0.1, -0.05) is 27.5 Å². The molecule has 4 nitrogen and oxygen atoms in total. The number of sulfonamides is 1. The van der Waals surface area contributed by atoms with E-state index in [2.05, 4.69) is 15.9 Å². The molecule has 1 aromatic rings. The molecule has 0 saturated heterocycles. The van der Waals surface area contributed by atoms with Gasteiger partial charge in [-0.2, -0.15) is 13.2 Å². The van der Waals surface area contributed by atoms with Crippen molar-refractivity contribution >= 4 is 37.6 Å². The fourth-order valence-electron chi connectivity index (χ4n) is 1.08. The first-order valence-electron chi connectivity index (χ1n) is 4.73. The quantitative estimate of drug-likeness (QED) is 0.840. The smallest absolute Gasteiger partial charge is 0.382 e. The Morgan fingerprint density at radius 3 is 2.47 bits per heavy atom. The predicted octanol–water partition coefficient (Wildman–Crippen LogP) is 2.30. The van der Waals surface area contributed by atoms with Crippen LogP contribution in [-0.2, 0) is 10.0 Å². The van der Waals surface area contributed by atoms with Crippen molar-refractivity contribution in [1.29, 1.82) is 0 Å². The summed E-state index contributed by atoms with van der Waals surface area (Å²) < 4.78 is 61.7. The molecule has 0 saturated carbocycles. The number of rotatable bonds is 4. The van der Waals surface area contributed by atoms with Crippen molar-refractivity contribution in [3.8, 4) is 0 Å². The number of alkyl halides is 3. The SMILES string of the molecule is O=S(=O)(NCC(O)C(F)(F)F)c1ccc(Br)cc1Cl. The molecule has 10 heteroatoms. The van der Waals surface area contributed by atoms with Crippen LogP contribution in [0.25, 0.3) is 0 Å². The van der Waals surface area contributed by atoms with Crippen LogP contribution < -0.4 is 4.72 Å². The molecule has 0 bridgehead atoms. The number of aliphatic hydroxyl groups is 1. The van der Waals surface area contributed by atoms with Gasteiger partial charge in [0.05, 0.1) is 5.02 Å². The molecule has 0 aliphatic heterocycles. The highest BCUT2D eigenvalue weighted by Crippen LogP contribution is 2.25. The zero-order chi connectivity index (χ0) is 14.8. The van der Waals surface area contributed by atoms with Crippen LogP contribution in [0.1, 0.15) is 0 Å². The van der Waals surface area contributed by atoms with Crippen LogP contribution in [0.3, 0.4) is 0 Å². The summed E-state index contributed by atoms with van der Waals surface area (Å²) in [6, 6.07) is 3.80. The van der Waals surface area contributed by atoms with Crippen LogP contribution in [0.5, 0.6) is 0 Å². The number of nitrogens with one attached hydrogen (secondary N) is 1. The van der Waals surface area contributed by atoms with Crippen molar-refractivity contribution in [3.05, 3.63) is 27.7 Å². The molecule has 0 spiro atoms. The third kappa shape index (κ3) is 4.60. The Kier molecular flexibility index (Phi) is 5.24. The van der Waals surface area contributed by atoms with Crippen LogP contribution in [0.15, 0.2) is 27.6 Å². The van der Waals surface area contributed by atoms with Gasteiger partial charge in [0, 0.05) is 11.0 Å². The van der Waals surface area contributed by atoms with Crippen molar-refractivity contribution in [2.45, 2.75) is 17.2 Å². The fraction of sp³-hybridized carbons (Fsp3) is 0.333. The van der Waals surface area contributed by atoms with E-state index in [4.69, 9.17) is 16.7 Å². The fourth-order valence-corrected chi connectivity index (χ4v) is 3.15. The first-order chi connectivity index (χ1) is 8.54. The van der Waals surface area contributed by atoms with Crippen molar-refractivity contribution in [1.82, 2.24) is 4.72 Å². The van der Waals surface area contributed by atoms with Gasteiger partial charge in [-0.15, -0.1) is 0 Å². The van der Waals surface area contributed by atoms with Gasteiger partial charge < -0.3 is 5.11 Å². The van der Waals surface area contributed by atoms with E-state index in [9.17, 15) is 21.6 Å². The number of aliphatic hydroxyl groups excluding tert-OH is 1. The second kappa shape index (κ2) is 5.96. The van der Waals surface area contributed by atoms with Gasteiger partial charge in [0.2, 0.25) is 10.0 Å². The average molecular weight is 383 g/mol. The monoisotopic (exact) mass is 381 g/mol. The van der Waals surface area contributed by atoms with Crippen molar-refractivity contribution in [2.75, 3.05) is 6.54 Å². The molecule has 1 aromatic carbocycles. The summed E-state index contributed by atoms with van der Waals surface area (Å²) in [5.41, 5.74) is 0. The maximum Gasteiger partial charge on any atom is 0.415 e. The number of hydrogen-bond donors (Lipinski definition) is 2. The Bertz CT molecular complexity index is 564. The first-order valence-corrected chi connectivity index (χ1v) is 7.39. The third-order valence-corrected chi connectivity index (χ3v) is 4.43. The number of halogens is 5. The molecule has 1 rings (SSSR count). The molecular formula is C9H8BrClF3NO3S. The Labute approximate surface area is 120 Å². The van der Waals surface area contributed by atoms with Crippen LogP contribution in [-0.4, -0.2) is 32.3 Å². The summed E-state index contributed by atoms with van der Waals surface area (Å²) in [6.45, 7) is -1.18. The highest BCUT2D eigenvalue weighted by molar-refractivity contribution is 9.10. The second-order valence-electron chi connectivity index (χ2n) is 3.48. The van der Waals surface area contributed by atoms with Crippen molar-refractivity contribution < 1.29 is 26.7 Å². The molecule has 0 heterocycles. The van der Waals surface area contributed by atoms with Gasteiger partial charge in [-0.05, 0) is 18.2 Å². The lowest BCUT2D eigenvalue weighted by molar-refractivity contribution is -0.200. The minimum absolute atomic E-state index is 0.150. The van der Waals surface area contributed by atoms with Gasteiger partial charge in [0.15, 0.2) is 6.10 Å². The highest BCUT2D eigenvalue weighted by atomic mass is 79.9. The minimum atomic E-state index is -4.90. The number of benzene rings is 1. The summed E-state index contributed by atoms with van der Waals surface area (Å²) >= 11 is 8.75. The van der Waals surface area contributed by atoms with E-state index in [0.29, 0.717) is 4.47 Å². The topological polar surface area (TPSA) is 66.4 Å². The van der Waals surface area contributed by atoms with Crippen LogP contribution in [0, 0.1) is 0 Å². The zero-order valence-corrected chi connectivity index (χ0v) is 12.2. The molecule has 2 N–H and O–H groups in total. The normalized spacial score (nSPS) is 14.4. The Morgan fingerprint density at radius 2 is 2.00 bits per heavy atom. The lowest BCUT2D eigenvalue weighted by atomic mass is 10.4. The first kappa shape index (κ1) is 16.7. The third-order valence-electron chi connectivity index (χ3n) is 2.03. The van der Waals surface area contributed by atoms with Crippen LogP contribution in [0.2, 0.25) is 5.02 Å². The largest absolute Gasteiger partial charge is 0.415 e. The molecule has 0 radical (unpaired) electrons. The summed E-state index contributed by atoms with van der Waals surface area (Å²) in [6.07, 6.45) is -7.68. The minimum Gasteiger partial charge on any atom is -0.382 e. The molecule has 0 fully saturated rings. The maximum atomic E-state index is 12.0. The van der Waals surface area contributed by atoms with E-state index in [1.54, 1.807) is 4.72 Å². The second-order valence-corrected chi connectivity index (χ2v) is 6.54. The molecule has 0 aliphatic carbocycles. The van der Waals surface area contributed by atoms with Gasteiger partial charge in [0.1, 0.15) is 4.90 Å². The Hall–Kier alpha value is -0.350. The van der Waals surface area contributed by atoms with Crippen LogP contribution >= 0.6 is 27.5 Å². The van der Waals surface area contributed by atoms with E-state index in [1.807, 2.05) is 0 Å². The predicted molar refractivity (Wildman–Crippen MR) is 66.4 cm³/mol. The highest BCUT2D eigenvalue weighted by Gasteiger charge is 2.38. The van der Waals surface area contributed by atoms with Crippen molar-refractivity contribution in [2.24, 2.45) is 0 Å². The van der Waals surface area contributed by atoms with E-state index in [1.165, 1.54) is 12.1 Å². The van der Waals surface area contributed by atoms with Gasteiger partial charge in [0.25, 0.3) is 0 Å². The Morgan fingerprint density at radius 1 is 1.42 bits per heavy atom. The van der Waals surface area contributed by atoms with Gasteiger partial charge in [-0.25, -0.2) is 13.1 Å². The summed E-state index contributed by atoms with van der Waals surface area (Å²) in [5, 5.41) is 8.57. The Balaban J connectivity index is 2.88. The molecule has 0 amide bonds.